The van der Waals surface area contributed by atoms with Crippen LogP contribution in [0.1, 0.15) is 67.0 Å². The summed E-state index contributed by atoms with van der Waals surface area (Å²) in [4.78, 5) is 59.9. The fraction of sp³-hybridized carbons (Fsp3) is 0.317. The minimum absolute atomic E-state index is 0.0981. The lowest BCUT2D eigenvalue weighted by Gasteiger charge is -2.39. The summed E-state index contributed by atoms with van der Waals surface area (Å²) in [6.45, 7) is 4.12. The largest absolute Gasteiger partial charge is 0.457 e. The number of rotatable bonds is 10. The molecule has 0 fully saturated rings. The Morgan fingerprint density at radius 1 is 0.840 bits per heavy atom. The molecule has 4 atom stereocenters. The fourth-order valence-electron chi connectivity index (χ4n) is 6.61. The van der Waals surface area contributed by atoms with Crippen LogP contribution in [0.3, 0.4) is 0 Å². The van der Waals surface area contributed by atoms with E-state index in [9.17, 15) is 14.4 Å². The normalized spacial score (nSPS) is 17.3. The van der Waals surface area contributed by atoms with E-state index in [1.54, 1.807) is 4.90 Å². The quantitative estimate of drug-likeness (QED) is 0.209. The molecule has 4 aromatic carbocycles. The minimum Gasteiger partial charge on any atom is -0.457 e. The number of carbonyl (C=O) groups is 3. The summed E-state index contributed by atoms with van der Waals surface area (Å²) in [5, 5.41) is 6.36. The molecule has 0 aromatic heterocycles. The van der Waals surface area contributed by atoms with E-state index >= 15 is 0 Å². The molecule has 9 heteroatoms. The first-order chi connectivity index (χ1) is 24.3. The maximum atomic E-state index is 14.6. The lowest BCUT2D eigenvalue weighted by Crippen LogP contribution is -2.58. The van der Waals surface area contributed by atoms with Gasteiger partial charge in [-0.15, -0.1) is 0 Å². The molecule has 4 aromatic rings. The van der Waals surface area contributed by atoms with Gasteiger partial charge in [0.05, 0.1) is 6.04 Å². The van der Waals surface area contributed by atoms with E-state index in [0.29, 0.717) is 25.1 Å². The van der Waals surface area contributed by atoms with Gasteiger partial charge in [-0.05, 0) is 77.8 Å². The second kappa shape index (κ2) is 17.2. The molecule has 258 valence electrons. The van der Waals surface area contributed by atoms with Crippen molar-refractivity contribution in [1.29, 1.82) is 0 Å². The third-order valence-electron chi connectivity index (χ3n) is 9.54. The molecule has 6 rings (SSSR count). The average molecular weight is 674 g/mol. The van der Waals surface area contributed by atoms with E-state index in [-0.39, 0.29) is 42.3 Å². The van der Waals surface area contributed by atoms with Crippen molar-refractivity contribution in [3.8, 4) is 11.5 Å². The molecular formula is C41H43N3O6. The van der Waals surface area contributed by atoms with Gasteiger partial charge in [0.25, 0.3) is 0 Å². The summed E-state index contributed by atoms with van der Waals surface area (Å²) in [7, 11) is 0. The maximum absolute atomic E-state index is 14.6. The number of ether oxygens (including phenoxy) is 1. The number of fused-ring (bicyclic) bond motifs is 2. The number of hydrogen-bond acceptors (Lipinski definition) is 6. The topological polar surface area (TPSA) is 122 Å². The number of benzene rings is 4. The fourth-order valence-corrected chi connectivity index (χ4v) is 6.61. The van der Waals surface area contributed by atoms with Crippen molar-refractivity contribution in [3.05, 3.63) is 131 Å². The summed E-state index contributed by atoms with van der Waals surface area (Å²) < 4.78 is 5.96. The molecule has 2 aliphatic rings. The molecule has 1 aliphatic carbocycles. The highest BCUT2D eigenvalue weighted by Crippen LogP contribution is 2.31. The molecule has 3 amide bonds. The Kier molecular flexibility index (Phi) is 12.3. The molecule has 9 nitrogen and oxygen atoms in total. The lowest BCUT2D eigenvalue weighted by atomic mass is 9.87. The Labute approximate surface area is 293 Å². The van der Waals surface area contributed by atoms with Crippen molar-refractivity contribution in [2.24, 2.45) is 5.92 Å². The van der Waals surface area contributed by atoms with Crippen molar-refractivity contribution in [1.82, 2.24) is 15.5 Å². The highest BCUT2D eigenvalue weighted by molar-refractivity contribution is 5.93. The molecule has 0 saturated heterocycles. The summed E-state index contributed by atoms with van der Waals surface area (Å²) in [6.07, 6.45) is 4.47. The smallest absolute Gasteiger partial charge is 0.373 e. The van der Waals surface area contributed by atoms with Crippen molar-refractivity contribution in [2.75, 3.05) is 0 Å². The van der Waals surface area contributed by atoms with E-state index in [4.69, 9.17) is 14.3 Å². The van der Waals surface area contributed by atoms with Crippen molar-refractivity contribution in [2.45, 2.75) is 77.0 Å². The third kappa shape index (κ3) is 8.92. The van der Waals surface area contributed by atoms with Gasteiger partial charge in [-0.3, -0.25) is 14.4 Å². The molecule has 1 heterocycles. The molecular weight excluding hydrogens is 630 g/mol. The van der Waals surface area contributed by atoms with Gasteiger partial charge in [-0.1, -0.05) is 92.7 Å². The SMILES string of the molecule is CC[C@@H](C)C(=O)N[C@@H](Cc1ccc(Oc2ccccc2)cc1)C(=O)N1Cc2ccccc2CC1C(=O)N[C@@H]1CCCc2ccccc21.O=C=O. The van der Waals surface area contributed by atoms with Crippen LogP contribution in [-0.4, -0.2) is 40.9 Å². The summed E-state index contributed by atoms with van der Waals surface area (Å²) >= 11 is 0. The van der Waals surface area contributed by atoms with Crippen LogP contribution in [0, 0.1) is 5.92 Å². The average Bonchev–Trinajstić information content (AvgIpc) is 3.15. The van der Waals surface area contributed by atoms with Crippen LogP contribution in [0.15, 0.2) is 103 Å². The van der Waals surface area contributed by atoms with Gasteiger partial charge in [0.2, 0.25) is 17.7 Å². The van der Waals surface area contributed by atoms with E-state index in [2.05, 4.69) is 22.8 Å². The van der Waals surface area contributed by atoms with E-state index in [0.717, 1.165) is 47.3 Å². The van der Waals surface area contributed by atoms with Gasteiger partial charge in [0.15, 0.2) is 0 Å². The second-order valence-electron chi connectivity index (χ2n) is 12.8. The van der Waals surface area contributed by atoms with Crippen LogP contribution in [0.25, 0.3) is 0 Å². The Bertz CT molecular complexity index is 1800. The van der Waals surface area contributed by atoms with Gasteiger partial charge in [0.1, 0.15) is 23.6 Å². The zero-order valence-electron chi connectivity index (χ0n) is 28.5. The zero-order chi connectivity index (χ0) is 35.5. The molecule has 2 N–H and O–H groups in total. The second-order valence-corrected chi connectivity index (χ2v) is 12.8. The first-order valence-corrected chi connectivity index (χ1v) is 17.2. The van der Waals surface area contributed by atoms with E-state index in [1.807, 2.05) is 105 Å². The number of carbonyl (C=O) groups excluding carboxylic acids is 5. The van der Waals surface area contributed by atoms with Gasteiger partial charge >= 0.3 is 6.15 Å². The lowest BCUT2D eigenvalue weighted by molar-refractivity contribution is -0.191. The molecule has 50 heavy (non-hydrogen) atoms. The van der Waals surface area contributed by atoms with Crippen LogP contribution in [0.2, 0.25) is 0 Å². The summed E-state index contributed by atoms with van der Waals surface area (Å²) in [5.74, 6) is 0.571. The predicted octanol–water partition coefficient (Wildman–Crippen LogP) is 6.12. The predicted molar refractivity (Wildman–Crippen MR) is 188 cm³/mol. The minimum atomic E-state index is -0.839. The van der Waals surface area contributed by atoms with Gasteiger partial charge in [-0.25, -0.2) is 0 Å². The van der Waals surface area contributed by atoms with Crippen LogP contribution in [0.4, 0.5) is 0 Å². The van der Waals surface area contributed by atoms with Crippen LogP contribution >= 0.6 is 0 Å². The van der Waals surface area contributed by atoms with Crippen molar-refractivity contribution >= 4 is 23.9 Å². The van der Waals surface area contributed by atoms with Crippen LogP contribution < -0.4 is 15.4 Å². The Morgan fingerprint density at radius 3 is 2.16 bits per heavy atom. The Balaban J connectivity index is 0.00000156. The summed E-state index contributed by atoms with van der Waals surface area (Å²) in [6, 6.07) is 31.8. The first-order valence-electron chi connectivity index (χ1n) is 17.2. The first kappa shape index (κ1) is 35.8. The number of amides is 3. The number of para-hydroxylation sites is 1. The van der Waals surface area contributed by atoms with Crippen LogP contribution in [-0.2, 0) is 49.8 Å². The Hall–Kier alpha value is -5.53. The van der Waals surface area contributed by atoms with Crippen LogP contribution in [0.5, 0.6) is 11.5 Å². The summed E-state index contributed by atoms with van der Waals surface area (Å²) in [5.41, 5.74) is 5.38. The van der Waals surface area contributed by atoms with Crippen molar-refractivity contribution < 1.29 is 28.7 Å². The van der Waals surface area contributed by atoms with Gasteiger partial charge in [-0.2, -0.15) is 9.59 Å². The highest BCUT2D eigenvalue weighted by Gasteiger charge is 2.39. The van der Waals surface area contributed by atoms with E-state index in [1.165, 1.54) is 5.56 Å². The standard InChI is InChI=1S/C40H43N3O4.CO2/c1-3-27(2)38(44)42-36(24-28-20-22-33(23-21-28)47-32-16-5-4-6-17-32)40(46)43-26-31-14-8-7-13-30(31)25-37(43)39(45)41-35-19-11-15-29-12-9-10-18-34(29)35;2-1-3/h4-10,12-14,16-18,20-23,27,35-37H,3,11,15,19,24-26H2,1-2H3,(H,41,45)(H,42,44);/t27-,35-,36+,37?;/m1./s1. The number of hydrogen-bond donors (Lipinski definition) is 2. The monoisotopic (exact) mass is 673 g/mol. The molecule has 0 radical (unpaired) electrons. The van der Waals surface area contributed by atoms with Crippen molar-refractivity contribution in [3.63, 3.8) is 0 Å². The zero-order valence-corrected chi connectivity index (χ0v) is 28.5. The maximum Gasteiger partial charge on any atom is 0.373 e. The number of nitrogens with zero attached hydrogens (tertiary/aromatic N) is 1. The van der Waals surface area contributed by atoms with E-state index < -0.39 is 12.1 Å². The Morgan fingerprint density at radius 2 is 1.46 bits per heavy atom. The number of nitrogens with one attached hydrogen (secondary N) is 2. The third-order valence-corrected chi connectivity index (χ3v) is 9.54. The van der Waals surface area contributed by atoms with Gasteiger partial charge in [0, 0.05) is 25.3 Å². The molecule has 0 bridgehead atoms. The highest BCUT2D eigenvalue weighted by atomic mass is 16.5. The molecule has 1 unspecified atom stereocenters. The van der Waals surface area contributed by atoms with Gasteiger partial charge < -0.3 is 20.3 Å². The molecule has 0 saturated carbocycles. The number of aryl methyl sites for hydroxylation is 1. The molecule has 0 spiro atoms. The molecule has 1 aliphatic heterocycles.